The number of aromatic nitrogens is 2. The van der Waals surface area contributed by atoms with Crippen LogP contribution in [0.25, 0.3) is 11.4 Å². The van der Waals surface area contributed by atoms with Gasteiger partial charge in [0.2, 0.25) is 11.7 Å². The second kappa shape index (κ2) is 7.45. The van der Waals surface area contributed by atoms with Crippen molar-refractivity contribution in [3.05, 3.63) is 35.7 Å². The zero-order valence-electron chi connectivity index (χ0n) is 14.8. The van der Waals surface area contributed by atoms with E-state index in [2.05, 4.69) is 15.5 Å². The summed E-state index contributed by atoms with van der Waals surface area (Å²) < 4.78 is 28.5. The molecule has 0 spiro atoms. The summed E-state index contributed by atoms with van der Waals surface area (Å²) in [6, 6.07) is 7.09. The molecule has 0 bridgehead atoms. The molecule has 0 saturated carbocycles. The fraction of sp³-hybridized carbons (Fsp3) is 0.471. The molecule has 1 aromatic carbocycles. The van der Waals surface area contributed by atoms with Crippen molar-refractivity contribution in [2.45, 2.75) is 32.9 Å². The molecule has 0 unspecified atom stereocenters. The van der Waals surface area contributed by atoms with Gasteiger partial charge in [0.25, 0.3) is 0 Å². The Balaban J connectivity index is 1.62. The molecule has 0 radical (unpaired) electrons. The van der Waals surface area contributed by atoms with Crippen LogP contribution < -0.4 is 5.32 Å². The number of carbonyl (C=O) groups excluding carboxylic acids is 1. The van der Waals surface area contributed by atoms with E-state index >= 15 is 0 Å². The Labute approximate surface area is 152 Å². The highest BCUT2D eigenvalue weighted by Crippen LogP contribution is 2.20. The molecule has 2 amide bonds. The van der Waals surface area contributed by atoms with Gasteiger partial charge in [0, 0.05) is 18.2 Å². The maximum atomic E-state index is 12.4. The first-order valence-electron chi connectivity index (χ1n) is 8.53. The number of carbonyl (C=O) groups is 1. The van der Waals surface area contributed by atoms with Crippen LogP contribution in [0.1, 0.15) is 24.8 Å². The average Bonchev–Trinajstić information content (AvgIpc) is 3.21. The Morgan fingerprint density at radius 2 is 2.15 bits per heavy atom. The van der Waals surface area contributed by atoms with Gasteiger partial charge in [-0.1, -0.05) is 29.4 Å². The van der Waals surface area contributed by atoms with E-state index in [-0.39, 0.29) is 30.1 Å². The molecule has 3 rings (SSSR count). The van der Waals surface area contributed by atoms with Gasteiger partial charge in [-0.2, -0.15) is 4.98 Å². The van der Waals surface area contributed by atoms with Crippen LogP contribution in [-0.4, -0.2) is 53.6 Å². The summed E-state index contributed by atoms with van der Waals surface area (Å²) >= 11 is 0. The summed E-state index contributed by atoms with van der Waals surface area (Å²) in [7, 11) is -3.05. The summed E-state index contributed by atoms with van der Waals surface area (Å²) in [4.78, 5) is 18.3. The number of urea groups is 1. The molecule has 1 atom stereocenters. The van der Waals surface area contributed by atoms with E-state index in [0.29, 0.717) is 24.7 Å². The number of hydrogen-bond acceptors (Lipinski definition) is 6. The first-order chi connectivity index (χ1) is 12.4. The predicted molar refractivity (Wildman–Crippen MR) is 96.1 cm³/mol. The van der Waals surface area contributed by atoms with Crippen molar-refractivity contribution in [2.24, 2.45) is 0 Å². The van der Waals surface area contributed by atoms with Crippen molar-refractivity contribution in [1.29, 1.82) is 0 Å². The van der Waals surface area contributed by atoms with Crippen LogP contribution >= 0.6 is 0 Å². The van der Waals surface area contributed by atoms with Gasteiger partial charge >= 0.3 is 6.03 Å². The van der Waals surface area contributed by atoms with Crippen LogP contribution in [0.2, 0.25) is 0 Å². The van der Waals surface area contributed by atoms with Gasteiger partial charge in [-0.15, -0.1) is 0 Å². The number of amides is 2. The first-order valence-corrected chi connectivity index (χ1v) is 10.3. The molecule has 1 saturated heterocycles. The summed E-state index contributed by atoms with van der Waals surface area (Å²) in [5, 5.41) is 6.69. The highest BCUT2D eigenvalue weighted by Gasteiger charge is 2.33. The normalized spacial score (nSPS) is 18.6. The third-order valence-electron chi connectivity index (χ3n) is 4.50. The summed E-state index contributed by atoms with van der Waals surface area (Å²) in [5.74, 6) is 0.922. The number of sulfone groups is 1. The first kappa shape index (κ1) is 18.4. The molecule has 1 N–H and O–H groups in total. The molecular weight excluding hydrogens is 356 g/mol. The summed E-state index contributed by atoms with van der Waals surface area (Å²) in [5.41, 5.74) is 1.91. The monoisotopic (exact) mass is 378 g/mol. The highest BCUT2D eigenvalue weighted by molar-refractivity contribution is 7.91. The van der Waals surface area contributed by atoms with E-state index in [1.165, 1.54) is 0 Å². The lowest BCUT2D eigenvalue weighted by Gasteiger charge is -2.26. The number of aryl methyl sites for hydroxylation is 1. The van der Waals surface area contributed by atoms with Crippen LogP contribution in [-0.2, 0) is 16.4 Å². The SMILES string of the molecule is CCN(C(=O)NCc1nc(-c2ccccc2C)no1)[C@H]1CCS(=O)(=O)C1. The molecule has 26 heavy (non-hydrogen) atoms. The average molecular weight is 378 g/mol. The minimum atomic E-state index is -3.05. The second-order valence-electron chi connectivity index (χ2n) is 6.33. The Bertz CT molecular complexity index is 894. The highest BCUT2D eigenvalue weighted by atomic mass is 32.2. The predicted octanol–water partition coefficient (Wildman–Crippen LogP) is 1.76. The zero-order valence-corrected chi connectivity index (χ0v) is 15.6. The van der Waals surface area contributed by atoms with Crippen molar-refractivity contribution in [3.8, 4) is 11.4 Å². The summed E-state index contributed by atoms with van der Waals surface area (Å²) in [6.45, 7) is 4.31. The van der Waals surface area contributed by atoms with Crippen molar-refractivity contribution >= 4 is 15.9 Å². The lowest BCUT2D eigenvalue weighted by Crippen LogP contribution is -2.46. The third-order valence-corrected chi connectivity index (χ3v) is 6.25. The van der Waals surface area contributed by atoms with Gasteiger partial charge in [-0.05, 0) is 25.8 Å². The minimum Gasteiger partial charge on any atom is -0.337 e. The molecule has 140 valence electrons. The Hall–Kier alpha value is -2.42. The van der Waals surface area contributed by atoms with Crippen LogP contribution in [0.15, 0.2) is 28.8 Å². The van der Waals surface area contributed by atoms with Crippen molar-refractivity contribution in [2.75, 3.05) is 18.1 Å². The Morgan fingerprint density at radius 1 is 1.38 bits per heavy atom. The molecule has 0 aliphatic carbocycles. The topological polar surface area (TPSA) is 105 Å². The molecular formula is C17H22N4O4S. The molecule has 1 fully saturated rings. The lowest BCUT2D eigenvalue weighted by molar-refractivity contribution is 0.182. The fourth-order valence-corrected chi connectivity index (χ4v) is 4.83. The summed E-state index contributed by atoms with van der Waals surface area (Å²) in [6.07, 6.45) is 0.474. The number of nitrogens with one attached hydrogen (secondary N) is 1. The van der Waals surface area contributed by atoms with Crippen LogP contribution in [0.3, 0.4) is 0 Å². The van der Waals surface area contributed by atoms with Crippen LogP contribution in [0.5, 0.6) is 0 Å². The Morgan fingerprint density at radius 3 is 2.81 bits per heavy atom. The van der Waals surface area contributed by atoms with Crippen molar-refractivity contribution in [1.82, 2.24) is 20.4 Å². The number of benzene rings is 1. The van der Waals surface area contributed by atoms with E-state index in [1.54, 1.807) is 4.90 Å². The van der Waals surface area contributed by atoms with Crippen molar-refractivity contribution < 1.29 is 17.7 Å². The van der Waals surface area contributed by atoms with Gasteiger partial charge in [-0.3, -0.25) is 0 Å². The molecule has 2 heterocycles. The molecule has 1 aromatic heterocycles. The van der Waals surface area contributed by atoms with Gasteiger partial charge in [-0.25, -0.2) is 13.2 Å². The van der Waals surface area contributed by atoms with E-state index in [9.17, 15) is 13.2 Å². The lowest BCUT2D eigenvalue weighted by atomic mass is 10.1. The number of rotatable bonds is 5. The van der Waals surface area contributed by atoms with E-state index in [1.807, 2.05) is 38.1 Å². The quantitative estimate of drug-likeness (QED) is 0.850. The van der Waals surface area contributed by atoms with Crippen LogP contribution in [0, 0.1) is 6.92 Å². The Kier molecular flexibility index (Phi) is 5.26. The van der Waals surface area contributed by atoms with E-state index < -0.39 is 9.84 Å². The zero-order chi connectivity index (χ0) is 18.7. The van der Waals surface area contributed by atoms with Gasteiger partial charge in [0.1, 0.15) is 0 Å². The molecule has 8 nitrogen and oxygen atoms in total. The van der Waals surface area contributed by atoms with Gasteiger partial charge < -0.3 is 14.7 Å². The molecule has 2 aromatic rings. The van der Waals surface area contributed by atoms with E-state index in [0.717, 1.165) is 11.1 Å². The standard InChI is InChI=1S/C17H22N4O4S/c1-3-21(13-8-9-26(23,24)11-13)17(22)18-10-15-19-16(20-25-15)14-7-5-4-6-12(14)2/h4-7,13H,3,8-11H2,1-2H3,(H,18,22)/t13-/m0/s1. The molecule has 1 aliphatic heterocycles. The van der Waals surface area contributed by atoms with Gasteiger partial charge in [0.05, 0.1) is 18.1 Å². The van der Waals surface area contributed by atoms with Crippen LogP contribution in [0.4, 0.5) is 4.79 Å². The fourth-order valence-electron chi connectivity index (χ4n) is 3.10. The number of hydrogen-bond donors (Lipinski definition) is 1. The maximum absolute atomic E-state index is 12.4. The third kappa shape index (κ3) is 4.04. The smallest absolute Gasteiger partial charge is 0.318 e. The number of nitrogens with zero attached hydrogens (tertiary/aromatic N) is 3. The second-order valence-corrected chi connectivity index (χ2v) is 8.56. The van der Waals surface area contributed by atoms with E-state index in [4.69, 9.17) is 4.52 Å². The molecule has 9 heteroatoms. The van der Waals surface area contributed by atoms with Crippen molar-refractivity contribution in [3.63, 3.8) is 0 Å². The molecule has 1 aliphatic rings. The maximum Gasteiger partial charge on any atom is 0.318 e. The minimum absolute atomic E-state index is 0.0201. The largest absolute Gasteiger partial charge is 0.337 e. The van der Waals surface area contributed by atoms with Gasteiger partial charge in [0.15, 0.2) is 9.84 Å².